The molecule has 0 bridgehead atoms. The lowest BCUT2D eigenvalue weighted by Gasteiger charge is -2.21. The van der Waals surface area contributed by atoms with E-state index >= 15 is 0 Å². The molecule has 1 amide bonds. The van der Waals surface area contributed by atoms with Gasteiger partial charge in [-0.3, -0.25) is 4.79 Å². The first-order valence-electron chi connectivity index (χ1n) is 10.4. The molecule has 0 unspecified atom stereocenters. The van der Waals surface area contributed by atoms with Gasteiger partial charge in [-0.15, -0.1) is 0 Å². The van der Waals surface area contributed by atoms with Gasteiger partial charge in [-0.25, -0.2) is 0 Å². The molecule has 0 saturated carbocycles. The number of hydrogen-bond donors (Lipinski definition) is 1. The van der Waals surface area contributed by atoms with E-state index in [0.29, 0.717) is 0 Å². The van der Waals surface area contributed by atoms with Gasteiger partial charge in [0.2, 0.25) is 0 Å². The Kier molecular flexibility index (Phi) is 5.47. The Balaban J connectivity index is 1.36. The van der Waals surface area contributed by atoms with Crippen molar-refractivity contribution in [2.75, 3.05) is 6.61 Å². The lowest BCUT2D eigenvalue weighted by Crippen LogP contribution is -2.31. The second kappa shape index (κ2) is 8.16. The van der Waals surface area contributed by atoms with E-state index in [0.717, 1.165) is 25.0 Å². The van der Waals surface area contributed by atoms with Gasteiger partial charge in [-0.2, -0.15) is 0 Å². The van der Waals surface area contributed by atoms with Crippen LogP contribution in [0.4, 0.5) is 0 Å². The number of carbonyl (C=O) groups excluding carboxylic acids is 1. The Hall–Kier alpha value is -2.29. The topological polar surface area (TPSA) is 38.3 Å². The van der Waals surface area contributed by atoms with Gasteiger partial charge in [-0.1, -0.05) is 30.3 Å². The molecule has 1 N–H and O–H groups in total. The summed E-state index contributed by atoms with van der Waals surface area (Å²) in [5.41, 5.74) is 6.77. The Morgan fingerprint density at radius 1 is 0.963 bits per heavy atom. The van der Waals surface area contributed by atoms with Crippen LogP contribution in [-0.2, 0) is 30.5 Å². The molecular formula is C24H29NO2. The lowest BCUT2D eigenvalue weighted by atomic mass is 9.89. The number of ether oxygens (including phenoxy) is 1. The smallest absolute Gasteiger partial charge is 0.258 e. The van der Waals surface area contributed by atoms with Gasteiger partial charge < -0.3 is 10.1 Å². The molecule has 1 atom stereocenters. The summed E-state index contributed by atoms with van der Waals surface area (Å²) in [6.07, 6.45) is 9.53. The normalized spacial score (nSPS) is 16.8. The van der Waals surface area contributed by atoms with Crippen molar-refractivity contribution in [1.29, 1.82) is 0 Å². The second-order valence-corrected chi connectivity index (χ2v) is 7.91. The average Bonchev–Trinajstić information content (AvgIpc) is 2.71. The molecule has 0 radical (unpaired) electrons. The predicted octanol–water partition coefficient (Wildman–Crippen LogP) is 4.70. The fraction of sp³-hybridized carbons (Fsp3) is 0.458. The van der Waals surface area contributed by atoms with Crippen LogP contribution in [0.3, 0.4) is 0 Å². The maximum absolute atomic E-state index is 12.4. The Bertz CT molecular complexity index is 827. The van der Waals surface area contributed by atoms with E-state index in [1.165, 1.54) is 59.9 Å². The van der Waals surface area contributed by atoms with Crippen LogP contribution in [0.1, 0.15) is 66.5 Å². The number of hydrogen-bond acceptors (Lipinski definition) is 2. The molecule has 0 aromatic heterocycles. The summed E-state index contributed by atoms with van der Waals surface area (Å²) in [7, 11) is 0. The fourth-order valence-electron chi connectivity index (χ4n) is 4.41. The number of carbonyl (C=O) groups is 1. The van der Waals surface area contributed by atoms with Crippen molar-refractivity contribution in [2.24, 2.45) is 0 Å². The summed E-state index contributed by atoms with van der Waals surface area (Å²) in [4.78, 5) is 12.4. The van der Waals surface area contributed by atoms with E-state index in [2.05, 4.69) is 29.6 Å². The number of nitrogens with one attached hydrogen (secondary N) is 1. The van der Waals surface area contributed by atoms with Gasteiger partial charge in [0, 0.05) is 0 Å². The third kappa shape index (κ3) is 4.18. The van der Waals surface area contributed by atoms with E-state index in [1.54, 1.807) is 0 Å². The van der Waals surface area contributed by atoms with Crippen LogP contribution in [0.5, 0.6) is 5.75 Å². The third-order valence-corrected chi connectivity index (χ3v) is 5.96. The molecule has 142 valence electrons. The Morgan fingerprint density at radius 2 is 1.70 bits per heavy atom. The number of benzene rings is 2. The van der Waals surface area contributed by atoms with Crippen molar-refractivity contribution in [3.05, 3.63) is 64.2 Å². The molecular weight excluding hydrogens is 334 g/mol. The minimum Gasteiger partial charge on any atom is -0.483 e. The van der Waals surface area contributed by atoms with Crippen LogP contribution in [0.15, 0.2) is 36.4 Å². The van der Waals surface area contributed by atoms with E-state index in [4.69, 9.17) is 4.74 Å². The fourth-order valence-corrected chi connectivity index (χ4v) is 4.41. The van der Waals surface area contributed by atoms with Crippen molar-refractivity contribution in [3.8, 4) is 5.75 Å². The minimum absolute atomic E-state index is 0.00184. The summed E-state index contributed by atoms with van der Waals surface area (Å²) in [5, 5.41) is 3.09. The van der Waals surface area contributed by atoms with Crippen molar-refractivity contribution >= 4 is 5.91 Å². The zero-order valence-electron chi connectivity index (χ0n) is 16.2. The van der Waals surface area contributed by atoms with Crippen molar-refractivity contribution < 1.29 is 9.53 Å². The van der Waals surface area contributed by atoms with Crippen LogP contribution < -0.4 is 10.1 Å². The zero-order chi connectivity index (χ0) is 18.6. The van der Waals surface area contributed by atoms with Crippen LogP contribution in [-0.4, -0.2) is 12.5 Å². The highest BCUT2D eigenvalue weighted by Gasteiger charge is 2.17. The second-order valence-electron chi connectivity index (χ2n) is 7.91. The highest BCUT2D eigenvalue weighted by Crippen LogP contribution is 2.29. The zero-order valence-corrected chi connectivity index (χ0v) is 16.2. The molecule has 0 fully saturated rings. The van der Waals surface area contributed by atoms with Crippen LogP contribution >= 0.6 is 0 Å². The van der Waals surface area contributed by atoms with Crippen molar-refractivity contribution in [2.45, 2.75) is 64.3 Å². The maximum Gasteiger partial charge on any atom is 0.258 e. The quantitative estimate of drug-likeness (QED) is 0.836. The number of fused-ring (bicyclic) bond motifs is 2. The molecule has 4 rings (SSSR count). The maximum atomic E-state index is 12.4. The molecule has 2 aliphatic rings. The van der Waals surface area contributed by atoms with Gasteiger partial charge in [0.15, 0.2) is 6.61 Å². The van der Waals surface area contributed by atoms with E-state index < -0.39 is 0 Å². The van der Waals surface area contributed by atoms with Crippen LogP contribution in [0, 0.1) is 0 Å². The first kappa shape index (κ1) is 18.1. The highest BCUT2D eigenvalue weighted by atomic mass is 16.5. The summed E-state index contributed by atoms with van der Waals surface area (Å²) in [5.74, 6) is 0.817. The molecule has 2 aliphatic carbocycles. The van der Waals surface area contributed by atoms with Gasteiger partial charge in [0.05, 0.1) is 6.04 Å². The van der Waals surface area contributed by atoms with Crippen molar-refractivity contribution in [1.82, 2.24) is 5.32 Å². The first-order valence-corrected chi connectivity index (χ1v) is 10.4. The number of aryl methyl sites for hydroxylation is 3. The molecule has 0 aliphatic heterocycles. The van der Waals surface area contributed by atoms with Crippen molar-refractivity contribution in [3.63, 3.8) is 0 Å². The molecule has 3 heteroatoms. The summed E-state index contributed by atoms with van der Waals surface area (Å²) in [6, 6.07) is 12.9. The molecule has 27 heavy (non-hydrogen) atoms. The van der Waals surface area contributed by atoms with Gasteiger partial charge in [0.1, 0.15) is 5.75 Å². The summed E-state index contributed by atoms with van der Waals surface area (Å²) in [6.45, 7) is 2.12. The number of rotatable bonds is 5. The van der Waals surface area contributed by atoms with E-state index in [-0.39, 0.29) is 18.6 Å². The van der Waals surface area contributed by atoms with Crippen LogP contribution in [0.25, 0.3) is 0 Å². The van der Waals surface area contributed by atoms with Gasteiger partial charge >= 0.3 is 0 Å². The highest BCUT2D eigenvalue weighted by molar-refractivity contribution is 5.78. The van der Waals surface area contributed by atoms with Gasteiger partial charge in [-0.05, 0) is 92.2 Å². The molecule has 0 heterocycles. The SMILES string of the molecule is C[C@@H](NC(=O)COc1cccc2c1CCCC2)c1ccc2c(c1)CCCC2. The van der Waals surface area contributed by atoms with Gasteiger partial charge in [0.25, 0.3) is 5.91 Å². The van der Waals surface area contributed by atoms with Crippen LogP contribution in [0.2, 0.25) is 0 Å². The average molecular weight is 364 g/mol. The third-order valence-electron chi connectivity index (χ3n) is 5.96. The van der Waals surface area contributed by atoms with E-state index in [9.17, 15) is 4.79 Å². The minimum atomic E-state index is -0.0615. The monoisotopic (exact) mass is 363 g/mol. The first-order chi connectivity index (χ1) is 13.2. The van der Waals surface area contributed by atoms with E-state index in [1.807, 2.05) is 19.1 Å². The summed E-state index contributed by atoms with van der Waals surface area (Å²) < 4.78 is 5.88. The Labute approximate surface area is 162 Å². The molecule has 0 spiro atoms. The largest absolute Gasteiger partial charge is 0.483 e. The molecule has 2 aromatic carbocycles. The summed E-state index contributed by atoms with van der Waals surface area (Å²) >= 11 is 0. The molecule has 2 aromatic rings. The predicted molar refractivity (Wildman–Crippen MR) is 108 cm³/mol. The lowest BCUT2D eigenvalue weighted by molar-refractivity contribution is -0.123. The standard InChI is InChI=1S/C24H29NO2/c1-17(20-14-13-18-7-2-3-9-21(18)15-20)25-24(26)16-27-23-12-6-10-19-8-4-5-11-22(19)23/h6,10,12-15,17H,2-5,7-9,11,16H2,1H3,(H,25,26)/t17-/m1/s1. The Morgan fingerprint density at radius 3 is 2.56 bits per heavy atom. The molecule has 3 nitrogen and oxygen atoms in total. The number of amides is 1. The molecule has 0 saturated heterocycles.